The van der Waals surface area contributed by atoms with Gasteiger partial charge in [0.1, 0.15) is 12.3 Å². The summed E-state index contributed by atoms with van der Waals surface area (Å²) in [5, 5.41) is 0. The third-order valence-corrected chi connectivity index (χ3v) is 5.15. The maximum absolute atomic E-state index is 12.7. The van der Waals surface area contributed by atoms with E-state index in [2.05, 4.69) is 4.99 Å². The standard InChI is InChI=1S/C21H22N2O4S/c1-4-26-16-11-9-15(10-12-16)20(25)22-21-23(13-18(24)27-5-2)19-14(3)7-6-8-17(19)28-21/h6-12H,4-5,13H2,1-3H3. The van der Waals surface area contributed by atoms with E-state index in [1.807, 2.05) is 32.0 Å². The first-order valence-electron chi connectivity index (χ1n) is 9.10. The van der Waals surface area contributed by atoms with Crippen molar-refractivity contribution in [3.05, 3.63) is 58.4 Å². The summed E-state index contributed by atoms with van der Waals surface area (Å²) < 4.78 is 13.2. The molecule has 0 radical (unpaired) electrons. The van der Waals surface area contributed by atoms with Crippen LogP contribution in [0.5, 0.6) is 5.75 Å². The smallest absolute Gasteiger partial charge is 0.326 e. The number of aryl methyl sites for hydroxylation is 1. The predicted octanol–water partition coefficient (Wildman–Crippen LogP) is 3.71. The molecule has 0 bridgehead atoms. The zero-order valence-electron chi connectivity index (χ0n) is 16.1. The van der Waals surface area contributed by atoms with E-state index in [-0.39, 0.29) is 18.4 Å². The van der Waals surface area contributed by atoms with Crippen molar-refractivity contribution >= 4 is 33.4 Å². The highest BCUT2D eigenvalue weighted by atomic mass is 32.1. The van der Waals surface area contributed by atoms with Crippen LogP contribution < -0.4 is 9.54 Å². The molecule has 0 spiro atoms. The highest BCUT2D eigenvalue weighted by Crippen LogP contribution is 2.21. The number of hydrogen-bond donors (Lipinski definition) is 0. The van der Waals surface area contributed by atoms with E-state index in [1.54, 1.807) is 35.8 Å². The minimum atomic E-state index is -0.370. The molecule has 146 valence electrons. The molecule has 1 heterocycles. The molecule has 0 saturated carbocycles. The Morgan fingerprint density at radius 3 is 2.50 bits per heavy atom. The average Bonchev–Trinajstić information content (AvgIpc) is 3.01. The first-order valence-corrected chi connectivity index (χ1v) is 9.91. The van der Waals surface area contributed by atoms with Crippen LogP contribution >= 0.6 is 11.3 Å². The lowest BCUT2D eigenvalue weighted by molar-refractivity contribution is -0.143. The van der Waals surface area contributed by atoms with Gasteiger partial charge in [-0.05, 0) is 56.7 Å². The van der Waals surface area contributed by atoms with Crippen molar-refractivity contribution in [2.75, 3.05) is 13.2 Å². The van der Waals surface area contributed by atoms with E-state index in [4.69, 9.17) is 9.47 Å². The zero-order valence-corrected chi connectivity index (χ0v) is 16.9. The number of fused-ring (bicyclic) bond motifs is 1. The molecular weight excluding hydrogens is 376 g/mol. The van der Waals surface area contributed by atoms with Gasteiger partial charge in [-0.3, -0.25) is 9.59 Å². The third kappa shape index (κ3) is 4.31. The number of benzene rings is 2. The molecule has 1 aromatic heterocycles. The van der Waals surface area contributed by atoms with Gasteiger partial charge in [-0.1, -0.05) is 23.5 Å². The van der Waals surface area contributed by atoms with Crippen molar-refractivity contribution < 1.29 is 19.1 Å². The van der Waals surface area contributed by atoms with Gasteiger partial charge in [0.05, 0.1) is 23.4 Å². The van der Waals surface area contributed by atoms with Crippen molar-refractivity contribution in [1.29, 1.82) is 0 Å². The summed E-state index contributed by atoms with van der Waals surface area (Å²) in [5.41, 5.74) is 2.35. The summed E-state index contributed by atoms with van der Waals surface area (Å²) in [6.45, 7) is 6.51. The number of hydrogen-bond acceptors (Lipinski definition) is 5. The van der Waals surface area contributed by atoms with Crippen molar-refractivity contribution in [2.24, 2.45) is 4.99 Å². The summed E-state index contributed by atoms with van der Waals surface area (Å²) in [6.07, 6.45) is 0. The van der Waals surface area contributed by atoms with Crippen molar-refractivity contribution in [3.63, 3.8) is 0 Å². The number of rotatable bonds is 6. The Morgan fingerprint density at radius 2 is 1.82 bits per heavy atom. The molecule has 1 amide bonds. The summed E-state index contributed by atoms with van der Waals surface area (Å²) in [7, 11) is 0. The molecule has 6 nitrogen and oxygen atoms in total. The lowest BCUT2D eigenvalue weighted by atomic mass is 10.2. The van der Waals surface area contributed by atoms with Crippen LogP contribution in [0.2, 0.25) is 0 Å². The highest BCUT2D eigenvalue weighted by molar-refractivity contribution is 7.16. The maximum atomic E-state index is 12.7. The molecule has 7 heteroatoms. The van der Waals surface area contributed by atoms with Gasteiger partial charge in [0.25, 0.3) is 5.91 Å². The fourth-order valence-corrected chi connectivity index (χ4v) is 3.99. The van der Waals surface area contributed by atoms with Gasteiger partial charge in [-0.25, -0.2) is 0 Å². The minimum Gasteiger partial charge on any atom is -0.494 e. The van der Waals surface area contributed by atoms with Gasteiger partial charge in [0.15, 0.2) is 4.80 Å². The van der Waals surface area contributed by atoms with Crippen LogP contribution in [0.4, 0.5) is 0 Å². The van der Waals surface area contributed by atoms with Gasteiger partial charge in [0.2, 0.25) is 0 Å². The number of para-hydroxylation sites is 1. The van der Waals surface area contributed by atoms with Crippen LogP contribution in [0, 0.1) is 6.92 Å². The Hall–Kier alpha value is -2.93. The molecule has 0 unspecified atom stereocenters. The molecule has 0 aliphatic carbocycles. The first kappa shape index (κ1) is 19.8. The molecule has 0 saturated heterocycles. The third-order valence-electron chi connectivity index (χ3n) is 4.10. The summed E-state index contributed by atoms with van der Waals surface area (Å²) in [4.78, 5) is 29.5. The van der Waals surface area contributed by atoms with E-state index < -0.39 is 0 Å². The number of esters is 1. The molecule has 3 aromatic rings. The Labute approximate surface area is 167 Å². The number of thiazole rings is 1. The minimum absolute atomic E-state index is 0.00802. The van der Waals surface area contributed by atoms with Crippen LogP contribution in [0.25, 0.3) is 10.2 Å². The molecule has 0 N–H and O–H groups in total. The largest absolute Gasteiger partial charge is 0.494 e. The molecule has 3 rings (SSSR count). The van der Waals surface area contributed by atoms with Gasteiger partial charge in [-0.2, -0.15) is 4.99 Å². The Balaban J connectivity index is 2.04. The number of amides is 1. The van der Waals surface area contributed by atoms with E-state index in [0.29, 0.717) is 29.3 Å². The molecule has 28 heavy (non-hydrogen) atoms. The second kappa shape index (κ2) is 8.84. The van der Waals surface area contributed by atoms with Crippen LogP contribution in [0.3, 0.4) is 0 Å². The normalized spacial score (nSPS) is 11.6. The van der Waals surface area contributed by atoms with Gasteiger partial charge in [-0.15, -0.1) is 0 Å². The first-order chi connectivity index (χ1) is 13.5. The molecular formula is C21H22N2O4S. The second-order valence-electron chi connectivity index (χ2n) is 6.07. The molecule has 0 fully saturated rings. The van der Waals surface area contributed by atoms with Crippen molar-refractivity contribution in [3.8, 4) is 5.75 Å². The summed E-state index contributed by atoms with van der Waals surface area (Å²) in [5.74, 6) is -0.0285. The number of aromatic nitrogens is 1. The Morgan fingerprint density at radius 1 is 1.07 bits per heavy atom. The molecule has 0 aliphatic heterocycles. The van der Waals surface area contributed by atoms with E-state index in [9.17, 15) is 9.59 Å². The van der Waals surface area contributed by atoms with Gasteiger partial charge < -0.3 is 14.0 Å². The predicted molar refractivity (Wildman–Crippen MR) is 109 cm³/mol. The van der Waals surface area contributed by atoms with E-state index in [0.717, 1.165) is 15.8 Å². The monoisotopic (exact) mass is 398 g/mol. The van der Waals surface area contributed by atoms with Crippen molar-refractivity contribution in [1.82, 2.24) is 4.57 Å². The molecule has 0 aliphatic rings. The lowest BCUT2D eigenvalue weighted by Crippen LogP contribution is -2.23. The maximum Gasteiger partial charge on any atom is 0.326 e. The van der Waals surface area contributed by atoms with Gasteiger partial charge in [0, 0.05) is 5.56 Å². The lowest BCUT2D eigenvalue weighted by Gasteiger charge is -2.07. The van der Waals surface area contributed by atoms with Crippen molar-refractivity contribution in [2.45, 2.75) is 27.3 Å². The van der Waals surface area contributed by atoms with E-state index in [1.165, 1.54) is 11.3 Å². The SMILES string of the molecule is CCOC(=O)Cn1c(=NC(=O)c2ccc(OCC)cc2)sc2cccc(C)c21. The number of carbonyl (C=O) groups excluding carboxylic acids is 2. The fourth-order valence-electron chi connectivity index (χ4n) is 2.89. The quantitative estimate of drug-likeness (QED) is 0.594. The number of nitrogens with zero attached hydrogens (tertiary/aromatic N) is 2. The molecule has 0 atom stereocenters. The Bertz CT molecular complexity index is 1060. The van der Waals surface area contributed by atoms with Crippen LogP contribution in [0.1, 0.15) is 29.8 Å². The number of carbonyl (C=O) groups is 2. The summed E-state index contributed by atoms with van der Waals surface area (Å²) >= 11 is 1.38. The fraction of sp³-hybridized carbons (Fsp3) is 0.286. The van der Waals surface area contributed by atoms with E-state index >= 15 is 0 Å². The topological polar surface area (TPSA) is 69.9 Å². The highest BCUT2D eigenvalue weighted by Gasteiger charge is 2.14. The second-order valence-corrected chi connectivity index (χ2v) is 7.08. The Kier molecular flexibility index (Phi) is 6.26. The number of ether oxygens (including phenoxy) is 2. The van der Waals surface area contributed by atoms with Crippen LogP contribution in [-0.2, 0) is 16.1 Å². The van der Waals surface area contributed by atoms with Crippen LogP contribution in [-0.4, -0.2) is 29.7 Å². The van der Waals surface area contributed by atoms with Gasteiger partial charge >= 0.3 is 5.97 Å². The zero-order chi connectivity index (χ0) is 20.1. The summed E-state index contributed by atoms with van der Waals surface area (Å²) in [6, 6.07) is 12.7. The average molecular weight is 398 g/mol. The molecule has 2 aromatic carbocycles. The van der Waals surface area contributed by atoms with Crippen LogP contribution in [0.15, 0.2) is 47.5 Å².